The van der Waals surface area contributed by atoms with Crippen molar-refractivity contribution in [2.24, 2.45) is 0 Å². The summed E-state index contributed by atoms with van der Waals surface area (Å²) < 4.78 is 5.91. The fourth-order valence-corrected chi connectivity index (χ4v) is 3.41. The highest BCUT2D eigenvalue weighted by Gasteiger charge is 2.11. The van der Waals surface area contributed by atoms with Crippen molar-refractivity contribution in [2.45, 2.75) is 0 Å². The van der Waals surface area contributed by atoms with E-state index in [1.54, 1.807) is 0 Å². The second-order valence-corrected chi connectivity index (χ2v) is 6.48. The average molecular weight is 349 g/mol. The second kappa shape index (κ2) is 6.15. The standard InChI is InChI=1S/C23H15N3O/c24-12-15-10-17(14-25-13-15)21-6-3-5-20(26-21)16-8-9-23-19(11-16)18-4-1-2-7-22(18)27-23/h1-11,14,25H,13H2. The van der Waals surface area contributed by atoms with Crippen LogP contribution < -0.4 is 5.32 Å². The number of rotatable bonds is 2. The first-order valence-electron chi connectivity index (χ1n) is 8.75. The van der Waals surface area contributed by atoms with Crippen LogP contribution >= 0.6 is 0 Å². The van der Waals surface area contributed by atoms with Gasteiger partial charge in [0.1, 0.15) is 11.2 Å². The van der Waals surface area contributed by atoms with Crippen LogP contribution in [0.3, 0.4) is 0 Å². The number of nitrogens with zero attached hydrogens (tertiary/aromatic N) is 2. The maximum Gasteiger partial charge on any atom is 0.135 e. The monoisotopic (exact) mass is 349 g/mol. The third kappa shape index (κ3) is 2.66. The first kappa shape index (κ1) is 15.4. The molecule has 0 bridgehead atoms. The number of furan rings is 1. The lowest BCUT2D eigenvalue weighted by molar-refractivity contribution is 0.669. The molecule has 4 nitrogen and oxygen atoms in total. The van der Waals surface area contributed by atoms with E-state index in [9.17, 15) is 0 Å². The second-order valence-electron chi connectivity index (χ2n) is 6.48. The van der Waals surface area contributed by atoms with E-state index in [2.05, 4.69) is 23.5 Å². The van der Waals surface area contributed by atoms with E-state index < -0.39 is 0 Å². The van der Waals surface area contributed by atoms with Crippen LogP contribution in [0, 0.1) is 11.3 Å². The van der Waals surface area contributed by atoms with Crippen LogP contribution in [0.4, 0.5) is 0 Å². The summed E-state index contributed by atoms with van der Waals surface area (Å²) in [4.78, 5) is 4.81. The summed E-state index contributed by atoms with van der Waals surface area (Å²) >= 11 is 0. The van der Waals surface area contributed by atoms with Gasteiger partial charge in [-0.2, -0.15) is 5.26 Å². The average Bonchev–Trinajstić information content (AvgIpc) is 3.12. The molecule has 1 aliphatic rings. The Hall–Kier alpha value is -3.84. The van der Waals surface area contributed by atoms with Crippen molar-refractivity contribution in [1.82, 2.24) is 10.3 Å². The number of nitriles is 1. The first-order chi connectivity index (χ1) is 13.3. The minimum atomic E-state index is 0.559. The summed E-state index contributed by atoms with van der Waals surface area (Å²) in [7, 11) is 0. The van der Waals surface area contributed by atoms with Gasteiger partial charge in [0.15, 0.2) is 0 Å². The third-order valence-corrected chi connectivity index (χ3v) is 4.74. The van der Waals surface area contributed by atoms with E-state index in [1.165, 1.54) is 0 Å². The molecule has 27 heavy (non-hydrogen) atoms. The van der Waals surface area contributed by atoms with Crippen LogP contribution in [0.5, 0.6) is 0 Å². The van der Waals surface area contributed by atoms with Crippen LogP contribution in [0.25, 0.3) is 38.8 Å². The zero-order valence-corrected chi connectivity index (χ0v) is 14.4. The van der Waals surface area contributed by atoms with Gasteiger partial charge < -0.3 is 9.73 Å². The molecule has 1 N–H and O–H groups in total. The van der Waals surface area contributed by atoms with Crippen LogP contribution in [0.15, 0.2) is 82.9 Å². The molecule has 4 aromatic rings. The van der Waals surface area contributed by atoms with Crippen molar-refractivity contribution in [2.75, 3.05) is 6.54 Å². The number of hydrogen-bond donors (Lipinski definition) is 1. The Morgan fingerprint density at radius 1 is 0.926 bits per heavy atom. The highest BCUT2D eigenvalue weighted by molar-refractivity contribution is 6.06. The zero-order valence-electron chi connectivity index (χ0n) is 14.4. The predicted molar refractivity (Wildman–Crippen MR) is 107 cm³/mol. The number of benzene rings is 2. The van der Waals surface area contributed by atoms with Gasteiger partial charge >= 0.3 is 0 Å². The van der Waals surface area contributed by atoms with E-state index in [-0.39, 0.29) is 0 Å². The molecule has 0 fully saturated rings. The summed E-state index contributed by atoms with van der Waals surface area (Å²) in [5, 5.41) is 14.5. The summed E-state index contributed by atoms with van der Waals surface area (Å²) in [5.41, 5.74) is 6.13. The third-order valence-electron chi connectivity index (χ3n) is 4.74. The predicted octanol–water partition coefficient (Wildman–Crippen LogP) is 5.04. The molecule has 1 aliphatic heterocycles. The molecular weight excluding hydrogens is 334 g/mol. The number of dihydropyridines is 1. The lowest BCUT2D eigenvalue weighted by atomic mass is 10.0. The normalized spacial score (nSPS) is 13.7. The molecule has 0 aliphatic carbocycles. The molecule has 0 unspecified atom stereocenters. The fraction of sp³-hybridized carbons (Fsp3) is 0.0435. The molecule has 5 rings (SSSR count). The molecule has 0 radical (unpaired) electrons. The largest absolute Gasteiger partial charge is 0.456 e. The topological polar surface area (TPSA) is 61.9 Å². The van der Waals surface area contributed by atoms with Crippen molar-refractivity contribution in [3.8, 4) is 17.3 Å². The van der Waals surface area contributed by atoms with E-state index in [0.29, 0.717) is 12.1 Å². The zero-order chi connectivity index (χ0) is 18.2. The number of hydrogen-bond acceptors (Lipinski definition) is 4. The van der Waals surface area contributed by atoms with Crippen LogP contribution in [0.1, 0.15) is 5.69 Å². The lowest BCUT2D eigenvalue weighted by Gasteiger charge is -2.11. The number of allylic oxidation sites excluding steroid dienone is 2. The van der Waals surface area contributed by atoms with Crippen LogP contribution in [-0.2, 0) is 0 Å². The molecule has 3 heterocycles. The van der Waals surface area contributed by atoms with Crippen molar-refractivity contribution < 1.29 is 4.42 Å². The van der Waals surface area contributed by atoms with Crippen LogP contribution in [-0.4, -0.2) is 11.5 Å². The maximum atomic E-state index is 9.14. The van der Waals surface area contributed by atoms with E-state index >= 15 is 0 Å². The minimum absolute atomic E-state index is 0.559. The molecule has 0 saturated carbocycles. The molecule has 4 heteroatoms. The van der Waals surface area contributed by atoms with Gasteiger partial charge in [0.25, 0.3) is 0 Å². The molecule has 128 valence electrons. The van der Waals surface area contributed by atoms with Gasteiger partial charge in [-0.05, 0) is 42.5 Å². The van der Waals surface area contributed by atoms with Gasteiger partial charge in [0.05, 0.1) is 17.5 Å². The Bertz CT molecular complexity index is 1290. The van der Waals surface area contributed by atoms with E-state index in [4.69, 9.17) is 14.7 Å². The highest BCUT2D eigenvalue weighted by Crippen LogP contribution is 2.32. The van der Waals surface area contributed by atoms with Gasteiger partial charge in [-0.15, -0.1) is 0 Å². The summed E-state index contributed by atoms with van der Waals surface area (Å²) in [6.45, 7) is 0.559. The highest BCUT2D eigenvalue weighted by atomic mass is 16.3. The number of para-hydroxylation sites is 1. The fourth-order valence-electron chi connectivity index (χ4n) is 3.41. The summed E-state index contributed by atoms with van der Waals surface area (Å²) in [6, 6.07) is 22.3. The SMILES string of the molecule is N#CC1=CC(c2cccc(-c3ccc4oc5ccccc5c4c3)n2)=CNC1. The number of nitrogens with one attached hydrogen (secondary N) is 1. The van der Waals surface area contributed by atoms with Gasteiger partial charge in [-0.25, -0.2) is 4.98 Å². The number of fused-ring (bicyclic) bond motifs is 3. The first-order valence-corrected chi connectivity index (χ1v) is 8.75. The van der Waals surface area contributed by atoms with Crippen molar-refractivity contribution in [1.29, 1.82) is 5.26 Å². The lowest BCUT2D eigenvalue weighted by Crippen LogP contribution is -2.14. The quantitative estimate of drug-likeness (QED) is 0.550. The molecule has 0 spiro atoms. The van der Waals surface area contributed by atoms with Crippen molar-refractivity contribution >= 4 is 27.5 Å². The molecular formula is C23H15N3O. The van der Waals surface area contributed by atoms with Gasteiger partial charge in [-0.3, -0.25) is 0 Å². The van der Waals surface area contributed by atoms with Gasteiger partial charge in [0, 0.05) is 40.2 Å². The Balaban J connectivity index is 1.61. The Labute approximate surface area is 156 Å². The van der Waals surface area contributed by atoms with Gasteiger partial charge in [0.2, 0.25) is 0 Å². The number of aromatic nitrogens is 1. The smallest absolute Gasteiger partial charge is 0.135 e. The van der Waals surface area contributed by atoms with Gasteiger partial charge in [-0.1, -0.05) is 24.3 Å². The van der Waals surface area contributed by atoms with Crippen molar-refractivity contribution in [3.63, 3.8) is 0 Å². The van der Waals surface area contributed by atoms with Crippen LogP contribution in [0.2, 0.25) is 0 Å². The molecule has 2 aromatic heterocycles. The molecule has 2 aromatic carbocycles. The summed E-state index contributed by atoms with van der Waals surface area (Å²) in [5.74, 6) is 0. The molecule has 0 saturated heterocycles. The molecule has 0 amide bonds. The van der Waals surface area contributed by atoms with E-state index in [0.717, 1.165) is 44.5 Å². The molecule has 0 atom stereocenters. The Kier molecular flexibility index (Phi) is 3.51. The Morgan fingerprint density at radius 2 is 1.78 bits per heavy atom. The van der Waals surface area contributed by atoms with Crippen molar-refractivity contribution in [3.05, 3.63) is 84.2 Å². The minimum Gasteiger partial charge on any atom is -0.456 e. The Morgan fingerprint density at radius 3 is 2.70 bits per heavy atom. The number of pyridine rings is 1. The van der Waals surface area contributed by atoms with E-state index in [1.807, 2.05) is 60.8 Å². The maximum absolute atomic E-state index is 9.14. The summed E-state index contributed by atoms with van der Waals surface area (Å²) in [6.07, 6.45) is 3.79.